The lowest BCUT2D eigenvalue weighted by Gasteiger charge is -2.25. The fourth-order valence-corrected chi connectivity index (χ4v) is 9.80. The molecule has 13 amide bonds. The highest BCUT2D eigenvalue weighted by Crippen LogP contribution is 2.10. The lowest BCUT2D eigenvalue weighted by molar-refractivity contribution is -0.141. The van der Waals surface area contributed by atoms with Gasteiger partial charge in [-0.2, -0.15) is 42.5 Å². The van der Waals surface area contributed by atoms with Gasteiger partial charge in [0.1, 0.15) is 61.1 Å². The van der Waals surface area contributed by atoms with Gasteiger partial charge in [0.25, 0.3) is 0 Å². The molecule has 0 aliphatic carbocycles. The van der Waals surface area contributed by atoms with Crippen molar-refractivity contribution in [1.82, 2.24) is 69.3 Å². The van der Waals surface area contributed by atoms with E-state index in [0.717, 1.165) is 0 Å². The van der Waals surface area contributed by atoms with Gasteiger partial charge in [-0.15, -0.1) is 0 Å². The van der Waals surface area contributed by atoms with Crippen molar-refractivity contribution in [3.63, 3.8) is 0 Å². The van der Waals surface area contributed by atoms with Crippen LogP contribution in [-0.2, 0) is 116 Å². The Morgan fingerprint density at radius 3 is 1.45 bits per heavy atom. The minimum atomic E-state index is -1.85. The zero-order valence-corrected chi connectivity index (χ0v) is 66.3. The molecule has 0 aliphatic rings. The number of hydrogen-bond donors (Lipinski definition) is 18. The van der Waals surface area contributed by atoms with Crippen LogP contribution in [0.5, 0.6) is 0 Å². The Kier molecular flexibility index (Phi) is 56.3. The molecule has 18 N–H and O–H groups in total. The second kappa shape index (κ2) is 62.1. The number of nitrogens with two attached hydrogens (primary N) is 2. The average Bonchev–Trinajstić information content (AvgIpc) is 0.864. The topological polar surface area (TPSA) is 572 Å². The lowest BCUT2D eigenvalue weighted by Crippen LogP contribution is -2.59. The van der Waals surface area contributed by atoms with E-state index in [4.69, 9.17) is 58.9 Å². The van der Waals surface area contributed by atoms with Crippen LogP contribution in [0, 0.1) is 0 Å². The summed E-state index contributed by atoms with van der Waals surface area (Å²) in [5.74, 6) is -11.7. The third kappa shape index (κ3) is 53.2. The van der Waals surface area contributed by atoms with Crippen molar-refractivity contribution in [2.45, 2.75) is 121 Å². The average molecular weight is 1640 g/mol. The highest BCUT2D eigenvalue weighted by molar-refractivity contribution is 7.99. The van der Waals surface area contributed by atoms with Gasteiger partial charge in [0, 0.05) is 57.8 Å². The van der Waals surface area contributed by atoms with Crippen molar-refractivity contribution in [1.29, 1.82) is 0 Å². The van der Waals surface area contributed by atoms with E-state index in [9.17, 15) is 72.2 Å². The van der Waals surface area contributed by atoms with Crippen molar-refractivity contribution in [2.24, 2.45) is 16.5 Å². The third-order valence-electron chi connectivity index (χ3n) is 14.3. The van der Waals surface area contributed by atoms with Gasteiger partial charge in [-0.1, -0.05) is 30.3 Å². The Morgan fingerprint density at radius 2 is 0.937 bits per heavy atom. The van der Waals surface area contributed by atoms with Crippen LogP contribution >= 0.6 is 37.0 Å². The van der Waals surface area contributed by atoms with Gasteiger partial charge in [-0.05, 0) is 71.6 Å². The molecule has 41 nitrogen and oxygen atoms in total. The normalized spacial score (nSPS) is 12.9. The van der Waals surface area contributed by atoms with Crippen LogP contribution in [0.2, 0.25) is 0 Å². The van der Waals surface area contributed by atoms with Crippen LogP contribution in [0.1, 0.15) is 71.8 Å². The van der Waals surface area contributed by atoms with E-state index in [1.165, 1.54) is 25.8 Å². The van der Waals surface area contributed by atoms with E-state index >= 15 is 0 Å². The predicted molar refractivity (Wildman–Crippen MR) is 409 cm³/mol. The Labute approximate surface area is 660 Å². The number of unbranched alkanes of at least 4 members (excludes halogenated alkanes) is 1. The number of hydrogen-bond acceptors (Lipinski definition) is 28. The maximum atomic E-state index is 13.8. The standard InChI is InChI=1S/C67H114N16O25S3/c1-44(58(91)73-21-24-100-26-25-99-5)76-61(94)48(35-45-13-8-7-9-14-45)80-64(97)51(42-110)82-62(95)49(36-57(89)90)78-52(84)37-75-59(92)46(16-12-18-74-65(68)69)79-63(96)50(41-109)81-60(93)47(77-56(88)43-111-6)15-10-11-17-70-53(85)38-106-39-54(86)71-19-22-101-27-29-103-31-33-105-34-32-104-30-28-102-23-20-72-55(87)40-107-83-66(98)108-67(2,3)4/h7-9,13-14,44,46-51,109-110H,10-12,15-43H2,1-6H3,(H,70,85)(H,71,86)(H,72,87)(H,73,91)(H,75,92)(H,76,94)(H,77,88)(H,78,84)(H,79,96)(H,80,97)(H,81,93)(H,82,95)(H,83,98)(H,89,90)(H4,68,69,74)/t44-,46-,47-,48-,49-,50-,51-/m0/s1. The third-order valence-corrected chi connectivity index (χ3v) is 15.6. The number of carboxylic acid groups (broad SMARTS) is 1. The summed E-state index contributed by atoms with van der Waals surface area (Å²) in [6.45, 7) is 8.77. The molecule has 111 heavy (non-hydrogen) atoms. The number of carbonyl (C=O) groups excluding carboxylic acids is 13. The number of amides is 13. The van der Waals surface area contributed by atoms with Crippen molar-refractivity contribution >= 4 is 126 Å². The molecule has 44 heteroatoms. The van der Waals surface area contributed by atoms with E-state index < -0.39 is 169 Å². The molecule has 1 rings (SSSR count). The highest BCUT2D eigenvalue weighted by atomic mass is 32.2. The molecule has 0 bridgehead atoms. The molecule has 0 spiro atoms. The maximum absolute atomic E-state index is 13.8. The number of carbonyl (C=O) groups is 14. The summed E-state index contributed by atoms with van der Waals surface area (Å²) in [5.41, 5.74) is 12.9. The molecular formula is C67H114N16O25S3. The molecule has 0 aromatic heterocycles. The van der Waals surface area contributed by atoms with Gasteiger partial charge in [-0.3, -0.25) is 72.2 Å². The van der Waals surface area contributed by atoms with E-state index in [-0.39, 0.29) is 115 Å². The summed E-state index contributed by atoms with van der Waals surface area (Å²) in [5, 5.41) is 39.9. The first kappa shape index (κ1) is 101. The van der Waals surface area contributed by atoms with Gasteiger partial charge in [0.2, 0.25) is 70.9 Å². The molecule has 0 saturated heterocycles. The van der Waals surface area contributed by atoms with Crippen LogP contribution in [0.25, 0.3) is 0 Å². The van der Waals surface area contributed by atoms with Gasteiger partial charge >= 0.3 is 12.1 Å². The molecule has 0 fully saturated rings. The Balaban J connectivity index is 2.67. The van der Waals surface area contributed by atoms with Crippen molar-refractivity contribution in [2.75, 3.05) is 176 Å². The molecular weight excluding hydrogens is 1530 g/mol. The molecule has 1 aromatic rings. The number of thiol groups is 2. The van der Waals surface area contributed by atoms with Gasteiger partial charge in [-0.25, -0.2) is 4.79 Å². The predicted octanol–water partition coefficient (Wildman–Crippen LogP) is -5.64. The lowest BCUT2D eigenvalue weighted by atomic mass is 10.0. The number of nitrogens with one attached hydrogen (secondary N) is 13. The smallest absolute Gasteiger partial charge is 0.431 e. The molecule has 1 aromatic carbocycles. The maximum Gasteiger partial charge on any atom is 0.431 e. The number of aliphatic imine (C=N–C) groups is 1. The summed E-state index contributed by atoms with van der Waals surface area (Å²) >= 11 is 9.64. The number of methoxy groups -OCH3 is 1. The van der Waals surface area contributed by atoms with Crippen molar-refractivity contribution in [3.8, 4) is 0 Å². The number of benzene rings is 1. The molecule has 0 radical (unpaired) electrons. The van der Waals surface area contributed by atoms with Gasteiger partial charge in [0.15, 0.2) is 12.6 Å². The number of rotatable bonds is 64. The molecule has 0 saturated carbocycles. The van der Waals surface area contributed by atoms with E-state index in [1.807, 2.05) is 5.48 Å². The Bertz CT molecular complexity index is 3000. The molecule has 0 heterocycles. The van der Waals surface area contributed by atoms with E-state index in [0.29, 0.717) is 64.8 Å². The van der Waals surface area contributed by atoms with Crippen LogP contribution in [0.4, 0.5) is 4.79 Å². The van der Waals surface area contributed by atoms with Crippen LogP contribution in [0.15, 0.2) is 35.3 Å². The minimum Gasteiger partial charge on any atom is -0.481 e. The number of thioether (sulfide) groups is 1. The van der Waals surface area contributed by atoms with Crippen LogP contribution < -0.4 is 80.7 Å². The number of guanidine groups is 1. The van der Waals surface area contributed by atoms with Gasteiger partial charge < -0.3 is 123 Å². The highest BCUT2D eigenvalue weighted by Gasteiger charge is 2.33. The first-order valence-corrected chi connectivity index (χ1v) is 38.3. The number of aliphatic carboxylic acids is 1. The molecule has 0 aliphatic heterocycles. The minimum absolute atomic E-state index is 0.0149. The summed E-state index contributed by atoms with van der Waals surface area (Å²) < 4.78 is 47.7. The molecule has 630 valence electrons. The monoisotopic (exact) mass is 1640 g/mol. The summed E-state index contributed by atoms with van der Waals surface area (Å²) in [6.07, 6.45) is 0.355. The van der Waals surface area contributed by atoms with Crippen LogP contribution in [0.3, 0.4) is 0 Å². The summed E-state index contributed by atoms with van der Waals surface area (Å²) in [7, 11) is 1.51. The number of hydroxylamine groups is 1. The Hall–Kier alpha value is -8.44. The largest absolute Gasteiger partial charge is 0.481 e. The summed E-state index contributed by atoms with van der Waals surface area (Å²) in [6, 6.07) is -1.27. The summed E-state index contributed by atoms with van der Waals surface area (Å²) in [4.78, 5) is 190. The first-order chi connectivity index (χ1) is 53.0. The Morgan fingerprint density at radius 1 is 0.486 bits per heavy atom. The van der Waals surface area contributed by atoms with Crippen molar-refractivity contribution < 1.29 is 120 Å². The second-order valence-corrected chi connectivity index (χ2v) is 26.5. The SMILES string of the molecule is COCCOCCNC(=O)[C@H](C)NC(=O)[C@H](Cc1ccccc1)NC(=O)[C@H](CS)NC(=O)[C@H](CC(=O)O)NC(=O)CNC(=O)[C@H](CCCN=C(N)N)NC(=O)[C@H](CS)NC(=O)[C@H](CCCCNC(=O)COCC(=O)NCCOCCOCCOCCOCCOCCNC(=O)CONC(=O)OC(C)(C)C)NC(=O)CSC. The van der Waals surface area contributed by atoms with Crippen molar-refractivity contribution in [3.05, 3.63) is 35.9 Å². The second-order valence-electron chi connectivity index (χ2n) is 24.9. The first-order valence-electron chi connectivity index (χ1n) is 35.6. The van der Waals surface area contributed by atoms with E-state index in [1.54, 1.807) is 57.4 Å². The van der Waals surface area contributed by atoms with E-state index in [2.05, 4.69) is 94.1 Å². The fraction of sp³-hybridized carbons (Fsp3) is 0.687. The molecule has 0 unspecified atom stereocenters. The fourth-order valence-electron chi connectivity index (χ4n) is 8.95. The number of ether oxygens (including phenoxy) is 9. The zero-order chi connectivity index (χ0) is 82.6. The van der Waals surface area contributed by atoms with Crippen LogP contribution in [-0.4, -0.2) is 318 Å². The quantitative estimate of drug-likeness (QED) is 0.00950. The number of carboxylic acids is 1. The molecule has 7 atom stereocenters. The van der Waals surface area contributed by atoms with Gasteiger partial charge in [0.05, 0.1) is 105 Å². The number of nitrogens with zero attached hydrogens (tertiary/aromatic N) is 1. The zero-order valence-electron chi connectivity index (χ0n) is 63.7.